The number of thioether (sulfide) groups is 1. The van der Waals surface area contributed by atoms with Gasteiger partial charge in [-0.1, -0.05) is 35.5 Å². The van der Waals surface area contributed by atoms with Gasteiger partial charge >= 0.3 is 5.97 Å². The van der Waals surface area contributed by atoms with Crippen molar-refractivity contribution < 1.29 is 14.6 Å². The van der Waals surface area contributed by atoms with Gasteiger partial charge in [0.1, 0.15) is 12.4 Å². The molecule has 0 radical (unpaired) electrons. The van der Waals surface area contributed by atoms with Crippen molar-refractivity contribution in [3.8, 4) is 5.75 Å². The Hall–Kier alpha value is -2.51. The molecule has 0 amide bonds. The number of aromatic amines is 1. The highest BCUT2D eigenvalue weighted by Gasteiger charge is 2.07. The van der Waals surface area contributed by atoms with Crippen LogP contribution in [-0.4, -0.2) is 26.3 Å². The summed E-state index contributed by atoms with van der Waals surface area (Å²) in [5.74, 6) is 1.04. The number of carboxylic acid groups (broad SMARTS) is 1. The highest BCUT2D eigenvalue weighted by Crippen LogP contribution is 2.20. The number of benzene rings is 2. The number of H-pyrrole nitrogens is 1. The van der Waals surface area contributed by atoms with E-state index in [9.17, 15) is 4.79 Å². The predicted molar refractivity (Wildman–Crippen MR) is 95.1 cm³/mol. The van der Waals surface area contributed by atoms with Crippen LogP contribution in [0.4, 0.5) is 0 Å². The highest BCUT2D eigenvalue weighted by atomic mass is 35.5. The summed E-state index contributed by atoms with van der Waals surface area (Å²) >= 11 is 7.28. The molecule has 2 aromatic carbocycles. The molecule has 0 aliphatic heterocycles. The summed E-state index contributed by atoms with van der Waals surface area (Å²) in [7, 11) is 0. The van der Waals surface area contributed by atoms with Crippen LogP contribution in [0.2, 0.25) is 5.02 Å². The minimum absolute atomic E-state index is 0.272. The number of aromatic nitrogens is 3. The number of carbonyl (C=O) groups is 1. The second kappa shape index (κ2) is 8.04. The Labute approximate surface area is 153 Å². The lowest BCUT2D eigenvalue weighted by Crippen LogP contribution is -1.97. The highest BCUT2D eigenvalue weighted by molar-refractivity contribution is 7.98. The summed E-state index contributed by atoms with van der Waals surface area (Å²) in [6, 6.07) is 13.8. The molecule has 3 aromatic rings. The lowest BCUT2D eigenvalue weighted by Gasteiger charge is -2.03. The van der Waals surface area contributed by atoms with Crippen molar-refractivity contribution in [3.05, 3.63) is 70.5 Å². The Kier molecular flexibility index (Phi) is 5.57. The molecule has 0 saturated heterocycles. The van der Waals surface area contributed by atoms with Gasteiger partial charge in [0.05, 0.1) is 5.56 Å². The Bertz CT molecular complexity index is 850. The predicted octanol–water partition coefficient (Wildman–Crippen LogP) is 4.03. The lowest BCUT2D eigenvalue weighted by atomic mass is 10.1. The largest absolute Gasteiger partial charge is 0.486 e. The fraction of sp³-hybridized carbons (Fsp3) is 0.118. The van der Waals surface area contributed by atoms with Crippen LogP contribution >= 0.6 is 23.4 Å². The number of ether oxygens (including phenoxy) is 1. The molecule has 128 valence electrons. The number of nitrogens with zero attached hydrogens (tertiary/aromatic N) is 2. The van der Waals surface area contributed by atoms with Crippen molar-refractivity contribution in [1.29, 1.82) is 0 Å². The molecule has 0 spiro atoms. The van der Waals surface area contributed by atoms with E-state index in [1.54, 1.807) is 48.5 Å². The van der Waals surface area contributed by atoms with Gasteiger partial charge in [0.15, 0.2) is 5.82 Å². The molecule has 8 heteroatoms. The summed E-state index contributed by atoms with van der Waals surface area (Å²) in [6.45, 7) is 0.280. The van der Waals surface area contributed by atoms with Crippen LogP contribution in [0.3, 0.4) is 0 Å². The monoisotopic (exact) mass is 375 g/mol. The molecule has 0 atom stereocenters. The average Bonchev–Trinajstić information content (AvgIpc) is 3.08. The summed E-state index contributed by atoms with van der Waals surface area (Å²) in [5.41, 5.74) is 1.27. The van der Waals surface area contributed by atoms with Gasteiger partial charge in [-0.05, 0) is 42.0 Å². The topological polar surface area (TPSA) is 88.1 Å². The number of carboxylic acids is 1. The lowest BCUT2D eigenvalue weighted by molar-refractivity contribution is 0.0697. The van der Waals surface area contributed by atoms with Gasteiger partial charge in [0.2, 0.25) is 5.16 Å². The number of hydrogen-bond acceptors (Lipinski definition) is 5. The molecule has 0 bridgehead atoms. The second-order valence-corrected chi connectivity index (χ2v) is 6.48. The molecule has 1 heterocycles. The standard InChI is InChI=1S/C17H14ClN3O3S/c18-13-5-7-14(8-6-13)24-9-15-19-17(21-20-15)25-10-11-1-3-12(4-2-11)16(22)23/h1-8H,9-10H2,(H,22,23)(H,19,20,21). The first-order valence-corrected chi connectivity index (χ1v) is 8.71. The average molecular weight is 376 g/mol. The zero-order valence-electron chi connectivity index (χ0n) is 13.0. The molecule has 1 aromatic heterocycles. The third-order valence-electron chi connectivity index (χ3n) is 3.27. The number of halogens is 1. The molecule has 0 aliphatic rings. The summed E-state index contributed by atoms with van der Waals surface area (Å²) in [5, 5.41) is 17.1. The van der Waals surface area contributed by atoms with Gasteiger partial charge in [-0.25, -0.2) is 9.78 Å². The number of nitrogens with one attached hydrogen (secondary N) is 1. The van der Waals surface area contributed by atoms with Crippen LogP contribution in [0.15, 0.2) is 53.7 Å². The zero-order valence-corrected chi connectivity index (χ0v) is 14.5. The van der Waals surface area contributed by atoms with E-state index < -0.39 is 5.97 Å². The van der Waals surface area contributed by atoms with Crippen LogP contribution in [-0.2, 0) is 12.4 Å². The first kappa shape index (κ1) is 17.3. The van der Waals surface area contributed by atoms with Crippen LogP contribution in [0.1, 0.15) is 21.7 Å². The van der Waals surface area contributed by atoms with E-state index in [1.807, 2.05) is 0 Å². The Morgan fingerprint density at radius 3 is 2.56 bits per heavy atom. The van der Waals surface area contributed by atoms with Gasteiger partial charge in [-0.3, -0.25) is 5.10 Å². The Morgan fingerprint density at radius 2 is 1.88 bits per heavy atom. The molecule has 25 heavy (non-hydrogen) atoms. The Balaban J connectivity index is 1.51. The van der Waals surface area contributed by atoms with Gasteiger partial charge in [-0.2, -0.15) is 0 Å². The fourth-order valence-corrected chi connectivity index (χ4v) is 2.88. The van der Waals surface area contributed by atoms with E-state index in [4.69, 9.17) is 21.4 Å². The molecular weight excluding hydrogens is 362 g/mol. The first-order valence-electron chi connectivity index (χ1n) is 7.35. The maximum Gasteiger partial charge on any atom is 0.335 e. The van der Waals surface area contributed by atoms with Gasteiger partial charge in [0.25, 0.3) is 0 Å². The van der Waals surface area contributed by atoms with E-state index in [2.05, 4.69) is 15.2 Å². The zero-order chi connectivity index (χ0) is 17.6. The Morgan fingerprint density at radius 1 is 1.16 bits per heavy atom. The molecule has 0 fully saturated rings. The minimum atomic E-state index is -0.932. The smallest absolute Gasteiger partial charge is 0.335 e. The van der Waals surface area contributed by atoms with E-state index in [1.165, 1.54) is 11.8 Å². The van der Waals surface area contributed by atoms with Crippen LogP contribution < -0.4 is 4.74 Å². The van der Waals surface area contributed by atoms with Crippen molar-refractivity contribution >= 4 is 29.3 Å². The first-order chi connectivity index (χ1) is 12.1. The molecule has 0 unspecified atom stereocenters. The van der Waals surface area contributed by atoms with E-state index in [-0.39, 0.29) is 12.2 Å². The molecule has 6 nitrogen and oxygen atoms in total. The molecule has 0 saturated carbocycles. The van der Waals surface area contributed by atoms with Crippen molar-refractivity contribution in [2.45, 2.75) is 17.5 Å². The van der Waals surface area contributed by atoms with Gasteiger partial charge in [-0.15, -0.1) is 5.10 Å². The van der Waals surface area contributed by atoms with Crippen LogP contribution in [0, 0.1) is 0 Å². The quantitative estimate of drug-likeness (QED) is 0.606. The molecule has 0 aliphatic carbocycles. The second-order valence-electron chi connectivity index (χ2n) is 5.10. The maximum absolute atomic E-state index is 10.8. The van der Waals surface area contributed by atoms with E-state index >= 15 is 0 Å². The summed E-state index contributed by atoms with van der Waals surface area (Å²) < 4.78 is 5.60. The summed E-state index contributed by atoms with van der Waals surface area (Å²) in [4.78, 5) is 15.2. The van der Waals surface area contributed by atoms with Gasteiger partial charge < -0.3 is 9.84 Å². The van der Waals surface area contributed by atoms with E-state index in [0.29, 0.717) is 27.5 Å². The third kappa shape index (κ3) is 4.98. The molecule has 2 N–H and O–H groups in total. The number of hydrogen-bond donors (Lipinski definition) is 2. The minimum Gasteiger partial charge on any atom is -0.486 e. The third-order valence-corrected chi connectivity index (χ3v) is 4.44. The van der Waals surface area contributed by atoms with Crippen molar-refractivity contribution in [1.82, 2.24) is 15.2 Å². The van der Waals surface area contributed by atoms with Gasteiger partial charge in [0, 0.05) is 10.8 Å². The molecule has 3 rings (SSSR count). The van der Waals surface area contributed by atoms with Crippen molar-refractivity contribution in [2.75, 3.05) is 0 Å². The van der Waals surface area contributed by atoms with E-state index in [0.717, 1.165) is 5.56 Å². The van der Waals surface area contributed by atoms with Crippen LogP contribution in [0.5, 0.6) is 5.75 Å². The fourth-order valence-electron chi connectivity index (χ4n) is 1.98. The SMILES string of the molecule is O=C(O)c1ccc(CSc2n[nH]c(COc3ccc(Cl)cc3)n2)cc1. The number of rotatable bonds is 7. The summed E-state index contributed by atoms with van der Waals surface area (Å²) in [6.07, 6.45) is 0. The number of aromatic carboxylic acids is 1. The van der Waals surface area contributed by atoms with Crippen molar-refractivity contribution in [3.63, 3.8) is 0 Å². The normalized spacial score (nSPS) is 10.6. The maximum atomic E-state index is 10.8. The van der Waals surface area contributed by atoms with Crippen LogP contribution in [0.25, 0.3) is 0 Å². The van der Waals surface area contributed by atoms with Crippen molar-refractivity contribution in [2.24, 2.45) is 0 Å². The molecular formula is C17H14ClN3O3S.